The van der Waals surface area contributed by atoms with E-state index in [9.17, 15) is 0 Å². The molecule has 0 heterocycles. The number of hydrazone groups is 1. The molecule has 1 aromatic rings. The van der Waals surface area contributed by atoms with Crippen LogP contribution in [-0.4, -0.2) is 25.9 Å². The zero-order valence-corrected chi connectivity index (χ0v) is 10.1. The van der Waals surface area contributed by atoms with Gasteiger partial charge < -0.3 is 15.2 Å². The summed E-state index contributed by atoms with van der Waals surface area (Å²) in [6.45, 7) is 1.78. The van der Waals surface area contributed by atoms with Gasteiger partial charge in [0.05, 0.1) is 19.9 Å². The van der Waals surface area contributed by atoms with Crippen LogP contribution in [0.3, 0.4) is 0 Å². The van der Waals surface area contributed by atoms with E-state index in [1.165, 1.54) is 0 Å². The summed E-state index contributed by atoms with van der Waals surface area (Å²) in [5.74, 6) is 1.17. The van der Waals surface area contributed by atoms with Gasteiger partial charge in [0.25, 0.3) is 0 Å². The van der Waals surface area contributed by atoms with Crippen LogP contribution in [0.4, 0.5) is 0 Å². The van der Waals surface area contributed by atoms with Crippen LogP contribution in [-0.2, 0) is 0 Å². The van der Waals surface area contributed by atoms with Gasteiger partial charge in [-0.1, -0.05) is 0 Å². The molecule has 0 saturated carbocycles. The molecule has 0 unspecified atom stereocenters. The lowest BCUT2D eigenvalue weighted by atomic mass is 10.1. The van der Waals surface area contributed by atoms with Gasteiger partial charge in [-0.3, -0.25) is 5.41 Å². The van der Waals surface area contributed by atoms with Crippen molar-refractivity contribution in [3.05, 3.63) is 23.8 Å². The summed E-state index contributed by atoms with van der Waals surface area (Å²) in [6, 6.07) is 5.40. The van der Waals surface area contributed by atoms with Crippen LogP contribution in [0.5, 0.6) is 11.5 Å². The minimum absolute atomic E-state index is 0.216. The third-order valence-corrected chi connectivity index (χ3v) is 2.14. The Morgan fingerprint density at radius 2 is 2.06 bits per heavy atom. The largest absolute Gasteiger partial charge is 0.497 e. The highest BCUT2D eigenvalue weighted by atomic mass is 16.5. The van der Waals surface area contributed by atoms with Gasteiger partial charge in [0.2, 0.25) is 5.96 Å². The number of hydrogen-bond donors (Lipinski definition) is 3. The van der Waals surface area contributed by atoms with E-state index in [0.717, 1.165) is 5.56 Å². The van der Waals surface area contributed by atoms with Crippen molar-refractivity contribution in [3.63, 3.8) is 0 Å². The molecule has 6 nitrogen and oxygen atoms in total. The van der Waals surface area contributed by atoms with E-state index in [2.05, 4.69) is 10.5 Å². The van der Waals surface area contributed by atoms with Gasteiger partial charge in [-0.2, -0.15) is 5.10 Å². The summed E-state index contributed by atoms with van der Waals surface area (Å²) < 4.78 is 10.4. The minimum Gasteiger partial charge on any atom is -0.497 e. The Bertz CT molecular complexity index is 443. The van der Waals surface area contributed by atoms with Crippen LogP contribution in [0.2, 0.25) is 0 Å². The van der Waals surface area contributed by atoms with E-state index < -0.39 is 0 Å². The monoisotopic (exact) mass is 236 g/mol. The second kappa shape index (κ2) is 5.74. The number of methoxy groups -OCH3 is 2. The molecule has 1 rings (SSSR count). The zero-order valence-electron chi connectivity index (χ0n) is 10.1. The third kappa shape index (κ3) is 3.37. The SMILES string of the molecule is COc1ccc(OC)c(C(C)=NNC(=N)N)c1. The van der Waals surface area contributed by atoms with Crippen LogP contribution in [0.15, 0.2) is 23.3 Å². The first kappa shape index (κ1) is 12.8. The Morgan fingerprint density at radius 3 is 2.59 bits per heavy atom. The van der Waals surface area contributed by atoms with Crippen LogP contribution in [0, 0.1) is 5.41 Å². The molecule has 0 aliphatic carbocycles. The fourth-order valence-electron chi connectivity index (χ4n) is 1.30. The average Bonchev–Trinajstić information content (AvgIpc) is 2.34. The number of nitrogens with zero attached hydrogens (tertiary/aromatic N) is 1. The van der Waals surface area contributed by atoms with E-state index in [1.807, 2.05) is 0 Å². The minimum atomic E-state index is -0.216. The number of rotatable bonds is 4. The molecule has 0 aliphatic rings. The standard InChI is InChI=1S/C11H16N4O2/c1-7(14-15-11(12)13)9-6-8(16-2)4-5-10(9)17-3/h4-6H,1-3H3,(H4,12,13,15). The van der Waals surface area contributed by atoms with Crippen LogP contribution >= 0.6 is 0 Å². The van der Waals surface area contributed by atoms with Gasteiger partial charge >= 0.3 is 0 Å². The van der Waals surface area contributed by atoms with Crippen LogP contribution in [0.25, 0.3) is 0 Å². The van der Waals surface area contributed by atoms with E-state index in [-0.39, 0.29) is 5.96 Å². The van der Waals surface area contributed by atoms with Crippen LogP contribution < -0.4 is 20.6 Å². The maximum Gasteiger partial charge on any atom is 0.206 e. The van der Waals surface area contributed by atoms with Crippen molar-refractivity contribution in [2.45, 2.75) is 6.92 Å². The molecule has 0 radical (unpaired) electrons. The first-order valence-corrected chi connectivity index (χ1v) is 4.95. The lowest BCUT2D eigenvalue weighted by Gasteiger charge is -2.10. The van der Waals surface area contributed by atoms with Gasteiger partial charge in [0, 0.05) is 5.56 Å². The number of nitrogens with one attached hydrogen (secondary N) is 2. The van der Waals surface area contributed by atoms with Crippen molar-refractivity contribution in [2.24, 2.45) is 10.8 Å². The number of ether oxygens (including phenoxy) is 2. The summed E-state index contributed by atoms with van der Waals surface area (Å²) in [4.78, 5) is 0. The van der Waals surface area contributed by atoms with Gasteiger partial charge in [-0.25, -0.2) is 5.43 Å². The maximum atomic E-state index is 7.03. The fourth-order valence-corrected chi connectivity index (χ4v) is 1.30. The lowest BCUT2D eigenvalue weighted by Crippen LogP contribution is -2.26. The fraction of sp³-hybridized carbons (Fsp3) is 0.273. The number of guanidine groups is 1. The smallest absolute Gasteiger partial charge is 0.206 e. The normalized spacial score (nSPS) is 10.9. The van der Waals surface area contributed by atoms with Crippen molar-refractivity contribution in [1.82, 2.24) is 5.43 Å². The van der Waals surface area contributed by atoms with Crippen LogP contribution in [0.1, 0.15) is 12.5 Å². The Kier molecular flexibility index (Phi) is 4.33. The maximum absolute atomic E-state index is 7.03. The first-order valence-electron chi connectivity index (χ1n) is 4.95. The van der Waals surface area contributed by atoms with Gasteiger partial charge in [-0.15, -0.1) is 0 Å². The van der Waals surface area contributed by atoms with E-state index in [4.69, 9.17) is 20.6 Å². The Balaban J connectivity index is 3.08. The van der Waals surface area contributed by atoms with E-state index in [0.29, 0.717) is 17.2 Å². The van der Waals surface area contributed by atoms with E-state index >= 15 is 0 Å². The van der Waals surface area contributed by atoms with Crippen molar-refractivity contribution < 1.29 is 9.47 Å². The van der Waals surface area contributed by atoms with Crippen molar-refractivity contribution in [3.8, 4) is 11.5 Å². The molecule has 1 aromatic carbocycles. The summed E-state index contributed by atoms with van der Waals surface area (Å²) in [7, 11) is 3.17. The molecule has 0 bridgehead atoms. The molecule has 6 heteroatoms. The second-order valence-electron chi connectivity index (χ2n) is 3.29. The molecule has 17 heavy (non-hydrogen) atoms. The highest BCUT2D eigenvalue weighted by Crippen LogP contribution is 2.24. The first-order chi connectivity index (χ1) is 8.08. The Morgan fingerprint density at radius 1 is 1.35 bits per heavy atom. The molecular formula is C11H16N4O2. The molecule has 0 aromatic heterocycles. The Hall–Kier alpha value is -2.24. The van der Waals surface area contributed by atoms with Crippen molar-refractivity contribution in [2.75, 3.05) is 14.2 Å². The molecule has 0 amide bonds. The topological polar surface area (TPSA) is 92.7 Å². The van der Waals surface area contributed by atoms with Gasteiger partial charge in [0.15, 0.2) is 0 Å². The summed E-state index contributed by atoms with van der Waals surface area (Å²) in [6.07, 6.45) is 0. The molecular weight excluding hydrogens is 220 g/mol. The Labute approximate surface area is 99.9 Å². The van der Waals surface area contributed by atoms with Crippen molar-refractivity contribution >= 4 is 11.7 Å². The van der Waals surface area contributed by atoms with Gasteiger partial charge in [-0.05, 0) is 25.1 Å². The third-order valence-electron chi connectivity index (χ3n) is 2.14. The molecule has 0 atom stereocenters. The molecule has 4 N–H and O–H groups in total. The predicted molar refractivity (Wildman–Crippen MR) is 66.8 cm³/mol. The molecule has 0 fully saturated rings. The highest BCUT2D eigenvalue weighted by Gasteiger charge is 2.08. The number of hydrogen-bond acceptors (Lipinski definition) is 4. The lowest BCUT2D eigenvalue weighted by molar-refractivity contribution is 0.402. The second-order valence-corrected chi connectivity index (χ2v) is 3.29. The number of nitrogens with two attached hydrogens (primary N) is 1. The predicted octanol–water partition coefficient (Wildman–Crippen LogP) is 0.911. The molecule has 0 saturated heterocycles. The average molecular weight is 236 g/mol. The molecule has 92 valence electrons. The van der Waals surface area contributed by atoms with Gasteiger partial charge in [0.1, 0.15) is 11.5 Å². The highest BCUT2D eigenvalue weighted by molar-refractivity contribution is 6.01. The number of benzene rings is 1. The molecule has 0 spiro atoms. The van der Waals surface area contributed by atoms with Crippen molar-refractivity contribution in [1.29, 1.82) is 5.41 Å². The molecule has 0 aliphatic heterocycles. The quantitative estimate of drug-likeness (QED) is 0.411. The summed E-state index contributed by atoms with van der Waals surface area (Å²) in [5, 5.41) is 11.0. The summed E-state index contributed by atoms with van der Waals surface area (Å²) >= 11 is 0. The zero-order chi connectivity index (χ0) is 12.8. The summed E-state index contributed by atoms with van der Waals surface area (Å²) in [5.41, 5.74) is 8.97. The van der Waals surface area contributed by atoms with E-state index in [1.54, 1.807) is 39.3 Å².